The van der Waals surface area contributed by atoms with E-state index in [9.17, 15) is 4.79 Å². The number of fused-ring (bicyclic) bond motifs is 2. The summed E-state index contributed by atoms with van der Waals surface area (Å²) in [7, 11) is 0. The predicted molar refractivity (Wildman–Crippen MR) is 107 cm³/mol. The van der Waals surface area contributed by atoms with Gasteiger partial charge in [-0.25, -0.2) is 9.78 Å². The molecule has 0 aliphatic carbocycles. The van der Waals surface area contributed by atoms with E-state index in [4.69, 9.17) is 4.74 Å². The molecule has 27 heavy (non-hydrogen) atoms. The van der Waals surface area contributed by atoms with Gasteiger partial charge in [0, 0.05) is 16.5 Å². The van der Waals surface area contributed by atoms with Gasteiger partial charge in [-0.2, -0.15) is 0 Å². The summed E-state index contributed by atoms with van der Waals surface area (Å²) in [6.45, 7) is 2.17. The molecule has 0 N–H and O–H groups in total. The maximum Gasteiger partial charge on any atom is 0.340 e. The molecule has 2 aromatic heterocycles. The number of hydrogen-bond acceptors (Lipinski definition) is 4. The number of benzene rings is 2. The van der Waals surface area contributed by atoms with Crippen LogP contribution in [0.3, 0.4) is 0 Å². The first kappa shape index (κ1) is 16.1. The van der Waals surface area contributed by atoms with Gasteiger partial charge >= 0.3 is 5.97 Å². The van der Waals surface area contributed by atoms with Crippen LogP contribution >= 0.6 is 11.8 Å². The Morgan fingerprint density at radius 2 is 1.85 bits per heavy atom. The highest BCUT2D eigenvalue weighted by molar-refractivity contribution is 7.99. The molecule has 0 bridgehead atoms. The Labute approximate surface area is 160 Å². The van der Waals surface area contributed by atoms with Gasteiger partial charge in [-0.05, 0) is 30.7 Å². The summed E-state index contributed by atoms with van der Waals surface area (Å²) in [5.41, 5.74) is 4.44. The van der Waals surface area contributed by atoms with E-state index in [-0.39, 0.29) is 5.97 Å². The van der Waals surface area contributed by atoms with Crippen molar-refractivity contribution in [2.75, 3.05) is 6.61 Å². The lowest BCUT2D eigenvalue weighted by molar-refractivity contribution is 0.0529. The second kappa shape index (κ2) is 6.28. The molecular formula is C22H16N2O2S. The number of para-hydroxylation sites is 1. The molecule has 0 saturated heterocycles. The first-order valence-electron chi connectivity index (χ1n) is 8.82. The number of carbonyl (C=O) groups is 1. The van der Waals surface area contributed by atoms with Crippen molar-refractivity contribution in [1.29, 1.82) is 0 Å². The van der Waals surface area contributed by atoms with Gasteiger partial charge in [0.2, 0.25) is 0 Å². The van der Waals surface area contributed by atoms with Crippen LogP contribution in [0.1, 0.15) is 17.3 Å². The molecule has 0 atom stereocenters. The van der Waals surface area contributed by atoms with Crippen LogP contribution in [0.5, 0.6) is 0 Å². The Kier molecular flexibility index (Phi) is 3.76. The third-order valence-corrected chi connectivity index (χ3v) is 5.74. The number of esters is 1. The summed E-state index contributed by atoms with van der Waals surface area (Å²) in [5, 5.41) is 1.78. The first-order chi connectivity index (χ1) is 13.3. The topological polar surface area (TPSA) is 44.1 Å². The lowest BCUT2D eigenvalue weighted by Gasteiger charge is -2.20. The number of rotatable bonds is 3. The average Bonchev–Trinajstić information content (AvgIpc) is 3.06. The highest BCUT2D eigenvalue weighted by Crippen LogP contribution is 2.47. The standard InChI is InChI=1S/C22H16N2O2S/c1-2-26-22(25)18-15-12-13-23-21-20(15)24(16-10-6-7-11-17(16)27-21)19(18)14-8-4-3-5-9-14/h3-13H,2H2,1H3. The smallest absolute Gasteiger partial charge is 0.340 e. The summed E-state index contributed by atoms with van der Waals surface area (Å²) in [6.07, 6.45) is 1.76. The van der Waals surface area contributed by atoms with E-state index in [1.54, 1.807) is 18.0 Å². The van der Waals surface area contributed by atoms with Gasteiger partial charge in [-0.15, -0.1) is 0 Å². The van der Waals surface area contributed by atoms with Crippen molar-refractivity contribution in [3.63, 3.8) is 0 Å². The van der Waals surface area contributed by atoms with Crippen LogP contribution in [-0.4, -0.2) is 22.1 Å². The quantitative estimate of drug-likeness (QED) is 0.401. The molecule has 0 saturated carbocycles. The van der Waals surface area contributed by atoms with Gasteiger partial charge in [-0.3, -0.25) is 0 Å². The Morgan fingerprint density at radius 1 is 1.07 bits per heavy atom. The fourth-order valence-corrected chi connectivity index (χ4v) is 4.66. The van der Waals surface area contributed by atoms with Crippen molar-refractivity contribution in [3.8, 4) is 16.9 Å². The fourth-order valence-electron chi connectivity index (χ4n) is 3.63. The van der Waals surface area contributed by atoms with Crippen LogP contribution in [-0.2, 0) is 4.74 Å². The lowest BCUT2D eigenvalue weighted by Crippen LogP contribution is -2.08. The first-order valence-corrected chi connectivity index (χ1v) is 9.64. The van der Waals surface area contributed by atoms with Crippen molar-refractivity contribution in [1.82, 2.24) is 9.55 Å². The molecule has 0 fully saturated rings. The van der Waals surface area contributed by atoms with Crippen LogP contribution in [0.2, 0.25) is 0 Å². The average molecular weight is 372 g/mol. The van der Waals surface area contributed by atoms with Crippen molar-refractivity contribution in [2.45, 2.75) is 16.8 Å². The molecule has 132 valence electrons. The van der Waals surface area contributed by atoms with E-state index in [2.05, 4.69) is 21.7 Å². The number of nitrogens with zero attached hydrogens (tertiary/aromatic N) is 2. The van der Waals surface area contributed by atoms with Gasteiger partial charge in [0.25, 0.3) is 0 Å². The van der Waals surface area contributed by atoms with Crippen molar-refractivity contribution in [3.05, 3.63) is 72.4 Å². The summed E-state index contributed by atoms with van der Waals surface area (Å²) in [5.74, 6) is -0.304. The highest BCUT2D eigenvalue weighted by Gasteiger charge is 2.30. The molecule has 3 heterocycles. The summed E-state index contributed by atoms with van der Waals surface area (Å²) >= 11 is 1.63. The minimum Gasteiger partial charge on any atom is -0.462 e. The Balaban J connectivity index is 1.96. The molecule has 5 rings (SSSR count). The van der Waals surface area contributed by atoms with Gasteiger partial charge in [0.15, 0.2) is 0 Å². The zero-order chi connectivity index (χ0) is 18.4. The van der Waals surface area contributed by atoms with Crippen LogP contribution in [0.4, 0.5) is 0 Å². The normalized spacial score (nSPS) is 12.0. The zero-order valence-corrected chi connectivity index (χ0v) is 15.5. The second-order valence-corrected chi connectivity index (χ2v) is 7.26. The maximum absolute atomic E-state index is 13.0. The maximum atomic E-state index is 13.0. The molecule has 2 aromatic carbocycles. The van der Waals surface area contributed by atoms with Crippen molar-refractivity contribution >= 4 is 28.6 Å². The Hall–Kier alpha value is -3.05. The molecule has 5 heteroatoms. The van der Waals surface area contributed by atoms with Crippen molar-refractivity contribution < 1.29 is 9.53 Å². The Bertz CT molecular complexity index is 1180. The SMILES string of the molecule is CCOC(=O)c1c(-c2ccccc2)n2c3c(nccc13)Sc1ccccc1-2. The lowest BCUT2D eigenvalue weighted by atomic mass is 10.1. The van der Waals surface area contributed by atoms with E-state index in [1.807, 2.05) is 55.5 Å². The number of hydrogen-bond donors (Lipinski definition) is 0. The van der Waals surface area contributed by atoms with Crippen LogP contribution < -0.4 is 0 Å². The van der Waals surface area contributed by atoms with E-state index in [0.717, 1.165) is 37.8 Å². The minimum absolute atomic E-state index is 0.304. The number of carbonyl (C=O) groups excluding carboxylic acids is 1. The van der Waals surface area contributed by atoms with Crippen LogP contribution in [0.25, 0.3) is 27.8 Å². The van der Waals surface area contributed by atoms with Crippen molar-refractivity contribution in [2.24, 2.45) is 0 Å². The third kappa shape index (κ3) is 2.39. The van der Waals surface area contributed by atoms with Gasteiger partial charge in [0.1, 0.15) is 5.03 Å². The van der Waals surface area contributed by atoms with E-state index < -0.39 is 0 Å². The molecule has 0 unspecified atom stereocenters. The molecule has 1 aliphatic heterocycles. The largest absolute Gasteiger partial charge is 0.462 e. The predicted octanol–water partition coefficient (Wildman–Crippen LogP) is 5.33. The molecule has 4 aromatic rings. The summed E-state index contributed by atoms with van der Waals surface area (Å²) < 4.78 is 7.58. The minimum atomic E-state index is -0.304. The van der Waals surface area contributed by atoms with E-state index in [1.165, 1.54) is 0 Å². The number of ether oxygens (including phenoxy) is 1. The molecule has 4 nitrogen and oxygen atoms in total. The molecular weight excluding hydrogens is 356 g/mol. The third-order valence-electron chi connectivity index (χ3n) is 4.68. The van der Waals surface area contributed by atoms with Gasteiger partial charge < -0.3 is 9.30 Å². The second-order valence-electron chi connectivity index (χ2n) is 6.23. The van der Waals surface area contributed by atoms with E-state index >= 15 is 0 Å². The fraction of sp³-hybridized carbons (Fsp3) is 0.0909. The summed E-state index contributed by atoms with van der Waals surface area (Å²) in [6, 6.07) is 20.1. The number of pyridine rings is 1. The zero-order valence-electron chi connectivity index (χ0n) is 14.7. The molecule has 0 radical (unpaired) electrons. The Morgan fingerprint density at radius 3 is 2.67 bits per heavy atom. The molecule has 1 aliphatic rings. The van der Waals surface area contributed by atoms with Gasteiger partial charge in [0.05, 0.1) is 29.1 Å². The molecule has 0 amide bonds. The summed E-state index contributed by atoms with van der Waals surface area (Å²) in [4.78, 5) is 18.7. The number of aromatic nitrogens is 2. The monoisotopic (exact) mass is 372 g/mol. The van der Waals surface area contributed by atoms with E-state index in [0.29, 0.717) is 12.2 Å². The highest BCUT2D eigenvalue weighted by atomic mass is 32.2. The van der Waals surface area contributed by atoms with Crippen LogP contribution in [0.15, 0.2) is 76.8 Å². The molecule has 0 spiro atoms. The van der Waals surface area contributed by atoms with Gasteiger partial charge in [-0.1, -0.05) is 54.2 Å². The van der Waals surface area contributed by atoms with Crippen LogP contribution in [0, 0.1) is 0 Å².